The number of rotatable bonds is 2. The smallest absolute Gasteiger partial charge is 0.391 e. The van der Waals surface area contributed by atoms with Crippen molar-refractivity contribution in [1.82, 2.24) is 0 Å². The normalized spacial score (nSPS) is 50.7. The molecule has 0 spiro atoms. The zero-order valence-corrected chi connectivity index (χ0v) is 20.4. The third-order valence-corrected chi connectivity index (χ3v) is 9.72. The minimum Gasteiger partial charge on any atom is -0.391 e. The van der Waals surface area contributed by atoms with Crippen molar-refractivity contribution < 1.29 is 54.5 Å². The fourth-order valence-electron chi connectivity index (χ4n) is 7.26. The number of fused-ring (bicyclic) bond motifs is 5. The molecule has 0 amide bonds. The largest absolute Gasteiger partial charge is 1.00 e. The van der Waals surface area contributed by atoms with Crippen LogP contribution in [0.15, 0.2) is 23.8 Å². The number of hydrogen-bond acceptors (Lipinski definition) is 5. The molecule has 4 aliphatic rings. The summed E-state index contributed by atoms with van der Waals surface area (Å²) in [6, 6.07) is 0. The third-order valence-electron chi connectivity index (χ3n) is 8.79. The summed E-state index contributed by atoms with van der Waals surface area (Å²) in [7, 11) is 0. The molecule has 0 aromatic carbocycles. The second kappa shape index (κ2) is 7.26. The maximum Gasteiger partial charge on any atom is 1.00 e. The first-order chi connectivity index (χ1) is 13.0. The van der Waals surface area contributed by atoms with Crippen LogP contribution in [-0.4, -0.2) is 50.1 Å². The average molecular weight is 432 g/mol. The summed E-state index contributed by atoms with van der Waals surface area (Å²) in [6.07, 6.45) is 6.22. The van der Waals surface area contributed by atoms with Gasteiger partial charge < -0.3 is 15.3 Å². The molecule has 0 unspecified atom stereocenters. The Bertz CT molecular complexity index is 811. The maximum absolute atomic E-state index is 12.6. The van der Waals surface area contributed by atoms with Crippen LogP contribution in [0.5, 0.6) is 0 Å². The van der Waals surface area contributed by atoms with Gasteiger partial charge in [-0.2, -0.15) is 0 Å². The fraction of sp³-hybridized carbons (Fsp3) is 0.727. The number of alkyl halides is 1. The molecule has 4 rings (SSSR count). The predicted octanol–water partition coefficient (Wildman–Crippen LogP) is -0.831. The Hall–Kier alpha value is -0.0100. The molecule has 3 saturated carbocycles. The summed E-state index contributed by atoms with van der Waals surface area (Å²) in [5.41, 5.74) is -2.25. The minimum atomic E-state index is -1.68. The quantitative estimate of drug-likeness (QED) is 0.392. The van der Waals surface area contributed by atoms with Crippen LogP contribution in [0.25, 0.3) is 0 Å². The van der Waals surface area contributed by atoms with Crippen molar-refractivity contribution in [3.63, 3.8) is 0 Å². The van der Waals surface area contributed by atoms with E-state index in [1.807, 2.05) is 26.8 Å². The first kappa shape index (κ1) is 23.6. The van der Waals surface area contributed by atoms with Crippen molar-refractivity contribution in [2.45, 2.75) is 63.0 Å². The number of carbonyl (C=O) groups excluding carboxylic acids is 2. The molecule has 7 heteroatoms. The van der Waals surface area contributed by atoms with E-state index in [-0.39, 0.29) is 59.5 Å². The second-order valence-electron chi connectivity index (χ2n) is 9.75. The standard InChI is InChI=1S/C22H29ClO5.Na/c1-12-8-16-15-5-4-13-9-14(25)6-7-19(13,2)21(15,23)17(26)10-20(16,3)22(12,28)18(27)11-24;/h6-7,9,12,15-17,24,26,28H,4-5,8,10-11H2,1-3H3;/q;+1/t12-,15-,16-,17-,19-,20-,21-,22-;/m0./s1. The van der Waals surface area contributed by atoms with Crippen molar-refractivity contribution in [3.8, 4) is 0 Å². The Morgan fingerprint density at radius 3 is 2.59 bits per heavy atom. The molecule has 4 aliphatic carbocycles. The molecule has 0 aliphatic heterocycles. The van der Waals surface area contributed by atoms with E-state index in [0.717, 1.165) is 5.57 Å². The number of hydrogen-bond donors (Lipinski definition) is 3. The van der Waals surface area contributed by atoms with E-state index in [9.17, 15) is 24.9 Å². The van der Waals surface area contributed by atoms with Crippen molar-refractivity contribution in [3.05, 3.63) is 23.8 Å². The number of allylic oxidation sites excluding steroid dienone is 4. The van der Waals surface area contributed by atoms with Crippen molar-refractivity contribution in [1.29, 1.82) is 0 Å². The van der Waals surface area contributed by atoms with Crippen molar-refractivity contribution in [2.24, 2.45) is 28.6 Å². The van der Waals surface area contributed by atoms with Crippen LogP contribution in [0.2, 0.25) is 0 Å². The van der Waals surface area contributed by atoms with E-state index in [2.05, 4.69) is 0 Å². The summed E-state index contributed by atoms with van der Waals surface area (Å²) >= 11 is 7.30. The zero-order chi connectivity index (χ0) is 20.7. The molecule has 154 valence electrons. The zero-order valence-electron chi connectivity index (χ0n) is 17.6. The van der Waals surface area contributed by atoms with Gasteiger partial charge in [-0.1, -0.05) is 32.4 Å². The van der Waals surface area contributed by atoms with Gasteiger partial charge in [-0.25, -0.2) is 0 Å². The van der Waals surface area contributed by atoms with Gasteiger partial charge in [0.25, 0.3) is 0 Å². The Morgan fingerprint density at radius 2 is 1.97 bits per heavy atom. The average Bonchev–Trinajstić information content (AvgIpc) is 2.84. The van der Waals surface area contributed by atoms with Gasteiger partial charge in [-0.05, 0) is 55.6 Å². The number of halogens is 1. The third kappa shape index (κ3) is 2.68. The second-order valence-corrected chi connectivity index (χ2v) is 10.4. The summed E-state index contributed by atoms with van der Waals surface area (Å²) in [6.45, 7) is 4.97. The maximum atomic E-state index is 12.6. The molecule has 29 heavy (non-hydrogen) atoms. The molecule has 5 nitrogen and oxygen atoms in total. The van der Waals surface area contributed by atoms with Gasteiger partial charge in [0, 0.05) is 10.8 Å². The number of ketones is 2. The number of aliphatic hydroxyl groups is 3. The molecule has 0 aromatic rings. The topological polar surface area (TPSA) is 94.8 Å². The molecule has 0 aromatic heterocycles. The molecule has 3 fully saturated rings. The first-order valence-corrected chi connectivity index (χ1v) is 10.5. The molecule has 0 saturated heterocycles. The number of aliphatic hydroxyl groups excluding tert-OH is 2. The van der Waals surface area contributed by atoms with E-state index >= 15 is 0 Å². The summed E-state index contributed by atoms with van der Waals surface area (Å²) < 4.78 is 0. The molecular formula is C22H29ClNaO5+. The Labute approximate surface area is 198 Å². The summed E-state index contributed by atoms with van der Waals surface area (Å²) in [5.74, 6) is -1.15. The van der Waals surface area contributed by atoms with E-state index in [0.29, 0.717) is 19.3 Å². The van der Waals surface area contributed by atoms with Crippen LogP contribution in [0.1, 0.15) is 46.5 Å². The fourth-order valence-corrected chi connectivity index (χ4v) is 7.78. The van der Waals surface area contributed by atoms with Crippen LogP contribution in [0, 0.1) is 28.6 Å². The summed E-state index contributed by atoms with van der Waals surface area (Å²) in [5, 5.41) is 32.3. The first-order valence-electron chi connectivity index (χ1n) is 10.1. The van der Waals surface area contributed by atoms with Gasteiger partial charge >= 0.3 is 29.6 Å². The van der Waals surface area contributed by atoms with Crippen LogP contribution in [0.4, 0.5) is 0 Å². The Morgan fingerprint density at radius 1 is 1.31 bits per heavy atom. The molecule has 8 atom stereocenters. The van der Waals surface area contributed by atoms with Crippen molar-refractivity contribution >= 4 is 23.2 Å². The van der Waals surface area contributed by atoms with Crippen LogP contribution < -0.4 is 29.6 Å². The number of Topliss-reactive ketones (excluding diaryl/α,β-unsaturated/α-hetero) is 1. The van der Waals surface area contributed by atoms with Gasteiger partial charge in [0.15, 0.2) is 11.6 Å². The van der Waals surface area contributed by atoms with E-state index in [1.54, 1.807) is 6.08 Å². The van der Waals surface area contributed by atoms with Gasteiger partial charge in [0.1, 0.15) is 12.2 Å². The van der Waals surface area contributed by atoms with E-state index in [1.165, 1.54) is 6.08 Å². The van der Waals surface area contributed by atoms with Crippen LogP contribution in [-0.2, 0) is 9.59 Å². The van der Waals surface area contributed by atoms with Crippen LogP contribution in [0.3, 0.4) is 0 Å². The summed E-state index contributed by atoms with van der Waals surface area (Å²) in [4.78, 5) is 23.5. The SMILES string of the molecule is C[C@H]1C[C@H]2[C@@H]3CCC4=CC(=O)C=C[C@]4(C)[C@@]3(Cl)[C@@H](O)C[C@]2(C)[C@@]1(O)C(=O)CO.[Na+]. The van der Waals surface area contributed by atoms with Crippen LogP contribution >= 0.6 is 11.6 Å². The monoisotopic (exact) mass is 431 g/mol. The van der Waals surface area contributed by atoms with E-state index < -0.39 is 39.8 Å². The Kier molecular flexibility index (Phi) is 5.92. The van der Waals surface area contributed by atoms with Gasteiger partial charge in [0.05, 0.1) is 11.0 Å². The van der Waals surface area contributed by atoms with E-state index in [4.69, 9.17) is 11.6 Å². The van der Waals surface area contributed by atoms with Gasteiger partial charge in [-0.3, -0.25) is 9.59 Å². The van der Waals surface area contributed by atoms with Gasteiger partial charge in [-0.15, -0.1) is 11.6 Å². The molecule has 3 N–H and O–H groups in total. The molecule has 0 heterocycles. The number of carbonyl (C=O) groups is 2. The minimum absolute atomic E-state index is 0. The van der Waals surface area contributed by atoms with Gasteiger partial charge in [0.2, 0.25) is 0 Å². The molecular weight excluding hydrogens is 403 g/mol. The van der Waals surface area contributed by atoms with Crippen molar-refractivity contribution in [2.75, 3.05) is 6.61 Å². The molecule has 0 radical (unpaired) electrons. The predicted molar refractivity (Wildman–Crippen MR) is 105 cm³/mol. The molecule has 0 bridgehead atoms. The Balaban J connectivity index is 0.00000240.